The molecule has 6 heteroatoms. The Hall–Kier alpha value is -1.30. The summed E-state index contributed by atoms with van der Waals surface area (Å²) in [6, 6.07) is 2.37. The summed E-state index contributed by atoms with van der Waals surface area (Å²) in [6.45, 7) is 0. The third-order valence-corrected chi connectivity index (χ3v) is 4.07. The second-order valence-electron chi connectivity index (χ2n) is 5.02. The maximum absolute atomic E-state index is 13.9. The second kappa shape index (κ2) is 5.60. The first-order valence-corrected chi connectivity index (χ1v) is 7.43. The molecule has 0 unspecified atom stereocenters. The van der Waals surface area contributed by atoms with Gasteiger partial charge in [0.2, 0.25) is 5.89 Å². The predicted octanol–water partition coefficient (Wildman–Crippen LogP) is 4.83. The molecule has 0 bridgehead atoms. The lowest BCUT2D eigenvalue weighted by Gasteiger charge is -2.17. The van der Waals surface area contributed by atoms with Crippen LogP contribution in [0.1, 0.15) is 43.9 Å². The number of halogens is 3. The largest absolute Gasteiger partial charge is 0.420 e. The molecule has 2 aromatic rings. The summed E-state index contributed by atoms with van der Waals surface area (Å²) in [7, 11) is 0. The number of hydrogen-bond acceptors (Lipinski definition) is 3. The Morgan fingerprint density at radius 3 is 2.35 bits per heavy atom. The Labute approximate surface area is 123 Å². The molecule has 3 rings (SSSR count). The first-order chi connectivity index (χ1) is 9.65. The van der Waals surface area contributed by atoms with E-state index in [4.69, 9.17) is 4.42 Å². The SMILES string of the molecule is Fc1cc(Br)cc(F)c1-c1nnc(C2CCCCC2)o1. The van der Waals surface area contributed by atoms with E-state index in [0.29, 0.717) is 10.4 Å². The zero-order valence-corrected chi connectivity index (χ0v) is 12.3. The van der Waals surface area contributed by atoms with Gasteiger partial charge in [-0.1, -0.05) is 35.2 Å². The monoisotopic (exact) mass is 342 g/mol. The molecule has 0 saturated heterocycles. The van der Waals surface area contributed by atoms with E-state index in [2.05, 4.69) is 26.1 Å². The average molecular weight is 343 g/mol. The summed E-state index contributed by atoms with van der Waals surface area (Å²) in [5.41, 5.74) is -0.261. The molecule has 1 heterocycles. The molecule has 1 aromatic heterocycles. The lowest BCUT2D eigenvalue weighted by molar-refractivity contribution is 0.366. The highest BCUT2D eigenvalue weighted by Gasteiger charge is 2.24. The highest BCUT2D eigenvalue weighted by atomic mass is 79.9. The first kappa shape index (κ1) is 13.7. The molecule has 20 heavy (non-hydrogen) atoms. The van der Waals surface area contributed by atoms with E-state index in [1.807, 2.05) is 0 Å². The van der Waals surface area contributed by atoms with Gasteiger partial charge >= 0.3 is 0 Å². The van der Waals surface area contributed by atoms with Crippen molar-refractivity contribution >= 4 is 15.9 Å². The Kier molecular flexibility index (Phi) is 3.83. The summed E-state index contributed by atoms with van der Waals surface area (Å²) < 4.78 is 33.5. The molecule has 0 spiro atoms. The van der Waals surface area contributed by atoms with Crippen molar-refractivity contribution in [3.63, 3.8) is 0 Å². The van der Waals surface area contributed by atoms with Gasteiger partial charge in [-0.25, -0.2) is 8.78 Å². The molecule has 106 valence electrons. The third kappa shape index (κ3) is 2.61. The zero-order chi connectivity index (χ0) is 14.1. The predicted molar refractivity (Wildman–Crippen MR) is 73.2 cm³/mol. The quantitative estimate of drug-likeness (QED) is 0.784. The second-order valence-corrected chi connectivity index (χ2v) is 5.94. The fourth-order valence-corrected chi connectivity index (χ4v) is 3.00. The lowest BCUT2D eigenvalue weighted by atomic mass is 9.89. The van der Waals surface area contributed by atoms with Gasteiger partial charge in [-0.15, -0.1) is 10.2 Å². The van der Waals surface area contributed by atoms with Crippen molar-refractivity contribution in [3.05, 3.63) is 34.1 Å². The number of benzene rings is 1. The van der Waals surface area contributed by atoms with Crippen LogP contribution in [-0.4, -0.2) is 10.2 Å². The van der Waals surface area contributed by atoms with Crippen LogP contribution in [-0.2, 0) is 0 Å². The third-order valence-electron chi connectivity index (χ3n) is 3.62. The summed E-state index contributed by atoms with van der Waals surface area (Å²) in [6.07, 6.45) is 5.46. The van der Waals surface area contributed by atoms with Gasteiger partial charge in [0.1, 0.15) is 17.2 Å². The maximum atomic E-state index is 13.9. The minimum absolute atomic E-state index is 0.0897. The number of aromatic nitrogens is 2. The standard InChI is InChI=1S/C14H13BrF2N2O/c15-9-6-10(16)12(11(17)7-9)14-19-18-13(20-14)8-4-2-1-3-5-8/h6-8H,1-5H2. The van der Waals surface area contributed by atoms with E-state index in [1.54, 1.807) is 0 Å². The molecule has 0 radical (unpaired) electrons. The Balaban J connectivity index is 1.94. The lowest BCUT2D eigenvalue weighted by Crippen LogP contribution is -2.04. The van der Waals surface area contributed by atoms with Gasteiger partial charge in [0.05, 0.1) is 0 Å². The Morgan fingerprint density at radius 2 is 1.70 bits per heavy atom. The normalized spacial score (nSPS) is 16.6. The van der Waals surface area contributed by atoms with Crippen LogP contribution in [0.5, 0.6) is 0 Å². The molecular formula is C14H13BrF2N2O. The molecule has 0 atom stereocenters. The minimum atomic E-state index is -0.712. The number of rotatable bonds is 2. The van der Waals surface area contributed by atoms with Gasteiger partial charge < -0.3 is 4.42 Å². The van der Waals surface area contributed by atoms with Crippen LogP contribution in [0.15, 0.2) is 21.0 Å². The van der Waals surface area contributed by atoms with E-state index in [1.165, 1.54) is 18.6 Å². The molecule has 0 N–H and O–H groups in total. The first-order valence-electron chi connectivity index (χ1n) is 6.63. The van der Waals surface area contributed by atoms with Gasteiger partial charge in [-0.05, 0) is 25.0 Å². The Morgan fingerprint density at radius 1 is 1.05 bits per heavy atom. The van der Waals surface area contributed by atoms with E-state index in [0.717, 1.165) is 25.7 Å². The fourth-order valence-electron chi connectivity index (χ4n) is 2.60. The van der Waals surface area contributed by atoms with Crippen LogP contribution >= 0.6 is 15.9 Å². The van der Waals surface area contributed by atoms with E-state index < -0.39 is 11.6 Å². The van der Waals surface area contributed by atoms with Crippen molar-refractivity contribution in [3.8, 4) is 11.5 Å². The molecular weight excluding hydrogens is 330 g/mol. The molecule has 0 aliphatic heterocycles. The fraction of sp³-hybridized carbons (Fsp3) is 0.429. The van der Waals surface area contributed by atoms with Crippen LogP contribution in [0.25, 0.3) is 11.5 Å². The zero-order valence-electron chi connectivity index (χ0n) is 10.7. The molecule has 1 fully saturated rings. The van der Waals surface area contributed by atoms with Crippen molar-refractivity contribution in [1.82, 2.24) is 10.2 Å². The van der Waals surface area contributed by atoms with Crippen molar-refractivity contribution in [2.24, 2.45) is 0 Å². The average Bonchev–Trinajstić information content (AvgIpc) is 2.88. The smallest absolute Gasteiger partial charge is 0.253 e. The number of hydrogen-bond donors (Lipinski definition) is 0. The van der Waals surface area contributed by atoms with Crippen LogP contribution in [0.3, 0.4) is 0 Å². The van der Waals surface area contributed by atoms with E-state index in [9.17, 15) is 8.78 Å². The van der Waals surface area contributed by atoms with Crippen LogP contribution < -0.4 is 0 Å². The topological polar surface area (TPSA) is 38.9 Å². The summed E-state index contributed by atoms with van der Waals surface area (Å²) in [4.78, 5) is 0. The van der Waals surface area contributed by atoms with Crippen LogP contribution in [0.2, 0.25) is 0 Å². The van der Waals surface area contributed by atoms with Gasteiger partial charge in [0.25, 0.3) is 5.89 Å². The molecule has 1 aliphatic carbocycles. The molecule has 1 aliphatic rings. The maximum Gasteiger partial charge on any atom is 0.253 e. The van der Waals surface area contributed by atoms with Gasteiger partial charge in [-0.3, -0.25) is 0 Å². The summed E-state index contributed by atoms with van der Waals surface area (Å²) in [5.74, 6) is -0.812. The van der Waals surface area contributed by atoms with Crippen molar-refractivity contribution in [2.45, 2.75) is 38.0 Å². The molecule has 1 saturated carbocycles. The summed E-state index contributed by atoms with van der Waals surface area (Å²) in [5, 5.41) is 7.76. The number of nitrogens with zero attached hydrogens (tertiary/aromatic N) is 2. The molecule has 0 amide bonds. The van der Waals surface area contributed by atoms with E-state index >= 15 is 0 Å². The highest BCUT2D eigenvalue weighted by Crippen LogP contribution is 2.34. The van der Waals surface area contributed by atoms with Crippen LogP contribution in [0.4, 0.5) is 8.78 Å². The molecule has 3 nitrogen and oxygen atoms in total. The van der Waals surface area contributed by atoms with E-state index in [-0.39, 0.29) is 17.4 Å². The minimum Gasteiger partial charge on any atom is -0.420 e. The van der Waals surface area contributed by atoms with Gasteiger partial charge in [0.15, 0.2) is 0 Å². The van der Waals surface area contributed by atoms with Crippen molar-refractivity contribution < 1.29 is 13.2 Å². The van der Waals surface area contributed by atoms with Crippen molar-refractivity contribution in [1.29, 1.82) is 0 Å². The van der Waals surface area contributed by atoms with Gasteiger partial charge in [0, 0.05) is 10.4 Å². The van der Waals surface area contributed by atoms with Crippen LogP contribution in [0, 0.1) is 11.6 Å². The molecule has 1 aromatic carbocycles. The summed E-state index contributed by atoms with van der Waals surface area (Å²) >= 11 is 3.04. The Bertz CT molecular complexity index is 600. The van der Waals surface area contributed by atoms with Gasteiger partial charge in [-0.2, -0.15) is 0 Å². The van der Waals surface area contributed by atoms with Crippen molar-refractivity contribution in [2.75, 3.05) is 0 Å². The highest BCUT2D eigenvalue weighted by molar-refractivity contribution is 9.10.